The largest absolute Gasteiger partial charge is 0.497 e. The Hall–Kier alpha value is -1.75. The first-order chi connectivity index (χ1) is 8.62. The van der Waals surface area contributed by atoms with E-state index in [1.54, 1.807) is 26.2 Å². The highest BCUT2D eigenvalue weighted by Crippen LogP contribution is 2.25. The molecule has 0 aliphatic heterocycles. The Morgan fingerprint density at radius 2 is 2.22 bits per heavy atom. The van der Waals surface area contributed by atoms with E-state index in [-0.39, 0.29) is 0 Å². The quantitative estimate of drug-likeness (QED) is 0.768. The molecule has 1 aromatic carbocycles. The predicted octanol–water partition coefficient (Wildman–Crippen LogP) is 1.44. The molecule has 0 spiro atoms. The molecule has 3 N–H and O–H groups in total. The van der Waals surface area contributed by atoms with Gasteiger partial charge >= 0.3 is 5.97 Å². The van der Waals surface area contributed by atoms with Crippen molar-refractivity contribution in [2.24, 2.45) is 5.73 Å². The van der Waals surface area contributed by atoms with E-state index in [0.29, 0.717) is 30.9 Å². The highest BCUT2D eigenvalue weighted by Gasteiger charge is 2.18. The standard InChI is InChI=1S/C13H19NO4/c1-3-11(13(15)16)18-12-5-4-10(17-2)8-9(12)6-7-14/h4-5,8,11H,3,6-7,14H2,1-2H3,(H,15,16). The molecule has 1 aromatic rings. The molecule has 0 bridgehead atoms. The van der Waals surface area contributed by atoms with Gasteiger partial charge in [0.1, 0.15) is 11.5 Å². The molecule has 1 atom stereocenters. The molecule has 0 aliphatic rings. The molecule has 0 aromatic heterocycles. The van der Waals surface area contributed by atoms with Gasteiger partial charge in [-0.2, -0.15) is 0 Å². The summed E-state index contributed by atoms with van der Waals surface area (Å²) in [7, 11) is 1.58. The topological polar surface area (TPSA) is 81.8 Å². The molecule has 0 saturated carbocycles. The molecule has 0 heterocycles. The van der Waals surface area contributed by atoms with Crippen LogP contribution < -0.4 is 15.2 Å². The molecule has 5 nitrogen and oxygen atoms in total. The Labute approximate surface area is 107 Å². The minimum absolute atomic E-state index is 0.406. The van der Waals surface area contributed by atoms with Crippen molar-refractivity contribution < 1.29 is 19.4 Å². The maximum absolute atomic E-state index is 11.0. The number of nitrogens with two attached hydrogens (primary N) is 1. The first-order valence-electron chi connectivity index (χ1n) is 5.88. The van der Waals surface area contributed by atoms with Crippen LogP contribution in [0.5, 0.6) is 11.5 Å². The Balaban J connectivity index is 2.95. The number of rotatable bonds is 7. The smallest absolute Gasteiger partial charge is 0.344 e. The van der Waals surface area contributed by atoms with Crippen molar-refractivity contribution >= 4 is 5.97 Å². The lowest BCUT2D eigenvalue weighted by molar-refractivity contribution is -0.145. The van der Waals surface area contributed by atoms with Gasteiger partial charge in [-0.15, -0.1) is 0 Å². The lowest BCUT2D eigenvalue weighted by atomic mass is 10.1. The van der Waals surface area contributed by atoms with Crippen LogP contribution in [-0.4, -0.2) is 30.8 Å². The number of ether oxygens (including phenoxy) is 2. The fraction of sp³-hybridized carbons (Fsp3) is 0.462. The number of carbonyl (C=O) groups is 1. The minimum Gasteiger partial charge on any atom is -0.497 e. The van der Waals surface area contributed by atoms with Crippen LogP contribution >= 0.6 is 0 Å². The van der Waals surface area contributed by atoms with Crippen molar-refractivity contribution in [1.82, 2.24) is 0 Å². The van der Waals surface area contributed by atoms with Crippen LogP contribution in [0.2, 0.25) is 0 Å². The number of aliphatic carboxylic acids is 1. The Kier molecular flexibility index (Phi) is 5.45. The van der Waals surface area contributed by atoms with Crippen molar-refractivity contribution in [3.63, 3.8) is 0 Å². The van der Waals surface area contributed by atoms with Crippen LogP contribution in [0.4, 0.5) is 0 Å². The Morgan fingerprint density at radius 3 is 2.72 bits per heavy atom. The van der Waals surface area contributed by atoms with Gasteiger partial charge in [-0.3, -0.25) is 0 Å². The van der Waals surface area contributed by atoms with E-state index in [1.807, 2.05) is 6.07 Å². The molecular formula is C13H19NO4. The summed E-state index contributed by atoms with van der Waals surface area (Å²) in [6.45, 7) is 2.23. The fourth-order valence-electron chi connectivity index (χ4n) is 1.61. The van der Waals surface area contributed by atoms with Crippen LogP contribution in [0, 0.1) is 0 Å². The summed E-state index contributed by atoms with van der Waals surface area (Å²) < 4.78 is 10.6. The SMILES string of the molecule is CCC(Oc1ccc(OC)cc1CCN)C(=O)O. The summed E-state index contributed by atoms with van der Waals surface area (Å²) in [6.07, 6.45) is 0.182. The van der Waals surface area contributed by atoms with Crippen LogP contribution in [0.25, 0.3) is 0 Å². The van der Waals surface area contributed by atoms with Gasteiger partial charge in [0.05, 0.1) is 7.11 Å². The fourth-order valence-corrected chi connectivity index (χ4v) is 1.61. The van der Waals surface area contributed by atoms with E-state index in [1.165, 1.54) is 0 Å². The van der Waals surface area contributed by atoms with Gasteiger partial charge in [-0.1, -0.05) is 6.92 Å². The van der Waals surface area contributed by atoms with Gasteiger partial charge in [0.2, 0.25) is 0 Å². The summed E-state index contributed by atoms with van der Waals surface area (Å²) in [5, 5.41) is 8.98. The zero-order chi connectivity index (χ0) is 13.5. The summed E-state index contributed by atoms with van der Waals surface area (Å²) in [5.41, 5.74) is 6.39. The lowest BCUT2D eigenvalue weighted by Gasteiger charge is -2.17. The summed E-state index contributed by atoms with van der Waals surface area (Å²) in [5.74, 6) is 0.289. The molecular weight excluding hydrogens is 234 g/mol. The molecule has 5 heteroatoms. The Morgan fingerprint density at radius 1 is 1.50 bits per heavy atom. The van der Waals surface area contributed by atoms with Gasteiger partial charge < -0.3 is 20.3 Å². The summed E-state index contributed by atoms with van der Waals surface area (Å²) in [4.78, 5) is 11.0. The van der Waals surface area contributed by atoms with Gasteiger partial charge in [-0.25, -0.2) is 4.79 Å². The third-order valence-corrected chi connectivity index (χ3v) is 2.60. The van der Waals surface area contributed by atoms with Crippen LogP contribution in [0.15, 0.2) is 18.2 Å². The van der Waals surface area contributed by atoms with Crippen LogP contribution in [0.1, 0.15) is 18.9 Å². The van der Waals surface area contributed by atoms with Gasteiger partial charge in [0, 0.05) is 0 Å². The average Bonchev–Trinajstić information content (AvgIpc) is 2.37. The normalized spacial score (nSPS) is 11.9. The highest BCUT2D eigenvalue weighted by atomic mass is 16.5. The minimum atomic E-state index is -0.966. The van der Waals surface area contributed by atoms with E-state index in [2.05, 4.69) is 0 Å². The second kappa shape index (κ2) is 6.86. The van der Waals surface area contributed by atoms with E-state index in [4.69, 9.17) is 20.3 Å². The van der Waals surface area contributed by atoms with Crippen molar-refractivity contribution in [2.75, 3.05) is 13.7 Å². The second-order valence-electron chi connectivity index (χ2n) is 3.87. The van der Waals surface area contributed by atoms with Gasteiger partial charge in [0.15, 0.2) is 6.10 Å². The third kappa shape index (κ3) is 3.63. The average molecular weight is 253 g/mol. The predicted molar refractivity (Wildman–Crippen MR) is 68.1 cm³/mol. The zero-order valence-electron chi connectivity index (χ0n) is 10.7. The third-order valence-electron chi connectivity index (χ3n) is 2.60. The molecule has 0 aliphatic carbocycles. The highest BCUT2D eigenvalue weighted by molar-refractivity contribution is 5.72. The maximum Gasteiger partial charge on any atom is 0.344 e. The van der Waals surface area contributed by atoms with Gasteiger partial charge in [-0.05, 0) is 43.1 Å². The van der Waals surface area contributed by atoms with Crippen LogP contribution in [0.3, 0.4) is 0 Å². The molecule has 0 fully saturated rings. The van der Waals surface area contributed by atoms with Crippen molar-refractivity contribution in [1.29, 1.82) is 0 Å². The van der Waals surface area contributed by atoms with Crippen molar-refractivity contribution in [3.05, 3.63) is 23.8 Å². The second-order valence-corrected chi connectivity index (χ2v) is 3.87. The maximum atomic E-state index is 11.0. The lowest BCUT2D eigenvalue weighted by Crippen LogP contribution is -2.26. The van der Waals surface area contributed by atoms with Crippen molar-refractivity contribution in [3.8, 4) is 11.5 Å². The number of methoxy groups -OCH3 is 1. The van der Waals surface area contributed by atoms with Crippen LogP contribution in [-0.2, 0) is 11.2 Å². The molecule has 0 amide bonds. The molecule has 1 rings (SSSR count). The van der Waals surface area contributed by atoms with E-state index in [0.717, 1.165) is 5.56 Å². The first kappa shape index (κ1) is 14.3. The first-order valence-corrected chi connectivity index (χ1v) is 5.88. The van der Waals surface area contributed by atoms with E-state index < -0.39 is 12.1 Å². The summed E-state index contributed by atoms with van der Waals surface area (Å²) in [6, 6.07) is 5.27. The molecule has 100 valence electrons. The van der Waals surface area contributed by atoms with Gasteiger partial charge in [0.25, 0.3) is 0 Å². The monoisotopic (exact) mass is 253 g/mol. The summed E-state index contributed by atoms with van der Waals surface area (Å²) >= 11 is 0. The number of hydrogen-bond donors (Lipinski definition) is 2. The zero-order valence-corrected chi connectivity index (χ0v) is 10.7. The molecule has 0 radical (unpaired) electrons. The number of hydrogen-bond acceptors (Lipinski definition) is 4. The van der Waals surface area contributed by atoms with Crippen molar-refractivity contribution in [2.45, 2.75) is 25.9 Å². The number of carboxylic acid groups (broad SMARTS) is 1. The Bertz CT molecular complexity index is 406. The van der Waals surface area contributed by atoms with E-state index >= 15 is 0 Å². The number of carboxylic acids is 1. The molecule has 18 heavy (non-hydrogen) atoms. The molecule has 0 saturated heterocycles. The van der Waals surface area contributed by atoms with E-state index in [9.17, 15) is 4.79 Å². The number of benzene rings is 1. The molecule has 1 unspecified atom stereocenters.